The van der Waals surface area contributed by atoms with Gasteiger partial charge in [0, 0.05) is 35.0 Å². The van der Waals surface area contributed by atoms with E-state index >= 15 is 0 Å². The van der Waals surface area contributed by atoms with Crippen LogP contribution in [0.5, 0.6) is 11.5 Å². The fourth-order valence-electron chi connectivity index (χ4n) is 5.04. The highest BCUT2D eigenvalue weighted by molar-refractivity contribution is 7.12. The lowest BCUT2D eigenvalue weighted by Crippen LogP contribution is -2.29. The van der Waals surface area contributed by atoms with Gasteiger partial charge < -0.3 is 18.9 Å². The summed E-state index contributed by atoms with van der Waals surface area (Å²) in [5.41, 5.74) is 5.30. The van der Waals surface area contributed by atoms with E-state index in [1.807, 2.05) is 51.1 Å². The molecule has 0 saturated heterocycles. The predicted octanol–water partition coefficient (Wildman–Crippen LogP) is 5.52. The van der Waals surface area contributed by atoms with Gasteiger partial charge in [0.25, 0.3) is 5.91 Å². The van der Waals surface area contributed by atoms with Crippen LogP contribution in [0, 0.1) is 6.92 Å². The Morgan fingerprint density at radius 2 is 1.92 bits per heavy atom. The van der Waals surface area contributed by atoms with Crippen molar-refractivity contribution in [2.24, 2.45) is 0 Å². The molecule has 2 aliphatic heterocycles. The number of rotatable bonds is 7. The topological polar surface area (TPSA) is 94.8 Å². The molecule has 6 rings (SSSR count). The molecule has 0 N–H and O–H groups in total. The Morgan fingerprint density at radius 1 is 1.08 bits per heavy atom. The number of aryl methyl sites for hydroxylation is 1. The summed E-state index contributed by atoms with van der Waals surface area (Å²) in [6, 6.07) is 11.7. The molecular weight excluding hydrogens is 502 g/mol. The molecule has 0 bridgehead atoms. The second-order valence-corrected chi connectivity index (χ2v) is 11.2. The zero-order chi connectivity index (χ0) is 26.4. The summed E-state index contributed by atoms with van der Waals surface area (Å²) in [5, 5.41) is 4.65. The number of hydrogen-bond acceptors (Lipinski definition) is 8. The van der Waals surface area contributed by atoms with Gasteiger partial charge in [0.1, 0.15) is 16.4 Å². The smallest absolute Gasteiger partial charge is 0.263 e. The number of Topliss-reactive ketones (excluding diaryl/α,β-unsaturated/α-hetero) is 1. The lowest BCUT2D eigenvalue weighted by molar-refractivity contribution is -0.117. The van der Waals surface area contributed by atoms with Crippen LogP contribution in [0.25, 0.3) is 11.3 Å². The first-order chi connectivity index (χ1) is 18.4. The molecule has 0 unspecified atom stereocenters. The number of amides is 1. The number of thiazole rings is 1. The molecule has 2 aromatic carbocycles. The first kappa shape index (κ1) is 24.4. The van der Waals surface area contributed by atoms with Crippen molar-refractivity contribution >= 4 is 28.7 Å². The minimum atomic E-state index is -0.0884. The number of carbonyl (C=O) groups is 2. The molecular formula is C29H27N3O5S. The van der Waals surface area contributed by atoms with Gasteiger partial charge in [-0.2, -0.15) is 0 Å². The highest BCUT2D eigenvalue weighted by Gasteiger charge is 2.30. The molecule has 0 atom stereocenters. The number of ketones is 1. The number of nitrogens with zero attached hydrogens (tertiary/aromatic N) is 3. The summed E-state index contributed by atoms with van der Waals surface area (Å²) in [6.45, 7) is 6.82. The van der Waals surface area contributed by atoms with Crippen molar-refractivity contribution in [2.75, 3.05) is 18.2 Å². The monoisotopic (exact) mass is 529 g/mol. The molecule has 4 heterocycles. The molecule has 194 valence electrons. The normalized spacial score (nSPS) is 13.8. The van der Waals surface area contributed by atoms with Crippen LogP contribution in [0.15, 0.2) is 47.1 Å². The number of anilines is 1. The predicted molar refractivity (Wildman–Crippen MR) is 143 cm³/mol. The molecule has 8 nitrogen and oxygen atoms in total. The summed E-state index contributed by atoms with van der Waals surface area (Å²) >= 11 is 1.55. The van der Waals surface area contributed by atoms with E-state index in [9.17, 15) is 9.59 Å². The quantitative estimate of drug-likeness (QED) is 0.311. The Kier molecular flexibility index (Phi) is 6.23. The summed E-state index contributed by atoms with van der Waals surface area (Å²) in [7, 11) is 0. The third kappa shape index (κ3) is 4.47. The van der Waals surface area contributed by atoms with Crippen LogP contribution in [0.3, 0.4) is 0 Å². The fraction of sp³-hybridized carbons (Fsp3) is 0.310. The largest absolute Gasteiger partial charge is 0.454 e. The van der Waals surface area contributed by atoms with E-state index in [1.165, 1.54) is 6.20 Å². The Labute approximate surface area is 224 Å². The van der Waals surface area contributed by atoms with Gasteiger partial charge in [-0.25, -0.2) is 4.98 Å². The minimum absolute atomic E-state index is 0.0756. The zero-order valence-corrected chi connectivity index (χ0v) is 22.3. The second kappa shape index (κ2) is 9.72. The van der Waals surface area contributed by atoms with Crippen LogP contribution in [-0.4, -0.2) is 35.2 Å². The van der Waals surface area contributed by atoms with Gasteiger partial charge in [0.2, 0.25) is 6.79 Å². The van der Waals surface area contributed by atoms with Crippen LogP contribution in [0.4, 0.5) is 5.69 Å². The first-order valence-electron chi connectivity index (χ1n) is 12.6. The van der Waals surface area contributed by atoms with Crippen molar-refractivity contribution in [1.29, 1.82) is 0 Å². The second-order valence-electron chi connectivity index (χ2n) is 9.90. The highest BCUT2D eigenvalue weighted by atomic mass is 32.1. The number of aromatic nitrogens is 2. The highest BCUT2D eigenvalue weighted by Crippen LogP contribution is 2.36. The van der Waals surface area contributed by atoms with E-state index in [2.05, 4.69) is 11.2 Å². The lowest BCUT2D eigenvalue weighted by atomic mass is 10.0. The van der Waals surface area contributed by atoms with Crippen molar-refractivity contribution < 1.29 is 23.6 Å². The maximum atomic E-state index is 13.3. The van der Waals surface area contributed by atoms with E-state index in [1.54, 1.807) is 16.2 Å². The van der Waals surface area contributed by atoms with E-state index in [0.29, 0.717) is 35.8 Å². The van der Waals surface area contributed by atoms with Crippen LogP contribution >= 0.6 is 11.3 Å². The van der Waals surface area contributed by atoms with Crippen molar-refractivity contribution in [3.63, 3.8) is 0 Å². The Morgan fingerprint density at radius 3 is 2.76 bits per heavy atom. The van der Waals surface area contributed by atoms with Crippen LogP contribution in [0.2, 0.25) is 0 Å². The van der Waals surface area contributed by atoms with Crippen molar-refractivity contribution in [3.05, 3.63) is 74.9 Å². The molecule has 38 heavy (non-hydrogen) atoms. The summed E-state index contributed by atoms with van der Waals surface area (Å²) in [4.78, 5) is 33.8. The maximum Gasteiger partial charge on any atom is 0.263 e. The number of carbonyl (C=O) groups excluding carboxylic acids is 2. The van der Waals surface area contributed by atoms with Gasteiger partial charge in [-0.15, -0.1) is 11.3 Å². The van der Waals surface area contributed by atoms with Gasteiger partial charge in [0.15, 0.2) is 17.3 Å². The van der Waals surface area contributed by atoms with Crippen molar-refractivity contribution in [1.82, 2.24) is 10.1 Å². The average molecular weight is 530 g/mol. The molecule has 0 radical (unpaired) electrons. The van der Waals surface area contributed by atoms with Crippen molar-refractivity contribution in [2.45, 2.75) is 46.0 Å². The fourth-order valence-corrected chi connectivity index (χ4v) is 6.02. The molecule has 0 fully saturated rings. The van der Waals surface area contributed by atoms with E-state index in [-0.39, 0.29) is 30.8 Å². The van der Waals surface area contributed by atoms with Crippen molar-refractivity contribution in [3.8, 4) is 22.8 Å². The minimum Gasteiger partial charge on any atom is -0.454 e. The standard InChI is InChI=1S/C29H27N3O5S/c1-16(2)28-22(14-30-37-28)29(34)32-9-8-19-12-20(5-6-23(19)32)27-17(3)38-26(31-27)13-21(33)10-18-4-7-24-25(11-18)36-15-35-24/h4-7,11-12,14,16H,8-10,13,15H2,1-3H3. The molecule has 2 aliphatic rings. The molecule has 0 aliphatic carbocycles. The SMILES string of the molecule is Cc1sc(CC(=O)Cc2ccc3c(c2)OCO3)nc1-c1ccc2c(c1)CCN2C(=O)c1cnoc1C(C)C. The van der Waals surface area contributed by atoms with Gasteiger partial charge in [-0.05, 0) is 48.7 Å². The van der Waals surface area contributed by atoms with Gasteiger partial charge in [-0.3, -0.25) is 9.59 Å². The number of fused-ring (bicyclic) bond motifs is 2. The number of benzene rings is 2. The lowest BCUT2D eigenvalue weighted by Gasteiger charge is -2.17. The van der Waals surface area contributed by atoms with E-state index < -0.39 is 0 Å². The average Bonchev–Trinajstić information content (AvgIpc) is 3.68. The molecule has 9 heteroatoms. The summed E-state index contributed by atoms with van der Waals surface area (Å²) in [6.07, 6.45) is 2.88. The zero-order valence-electron chi connectivity index (χ0n) is 21.4. The molecule has 0 saturated carbocycles. The van der Waals surface area contributed by atoms with Gasteiger partial charge >= 0.3 is 0 Å². The van der Waals surface area contributed by atoms with Crippen LogP contribution < -0.4 is 14.4 Å². The van der Waals surface area contributed by atoms with Crippen LogP contribution in [0.1, 0.15) is 56.9 Å². The Hall–Kier alpha value is -3.98. The Bertz CT molecular complexity index is 1550. The Balaban J connectivity index is 1.17. The molecule has 1 amide bonds. The first-order valence-corrected chi connectivity index (χ1v) is 13.5. The van der Waals surface area contributed by atoms with Crippen LogP contribution in [-0.2, 0) is 24.1 Å². The molecule has 4 aromatic rings. The number of hydrogen-bond donors (Lipinski definition) is 0. The maximum absolute atomic E-state index is 13.3. The summed E-state index contributed by atoms with van der Waals surface area (Å²) < 4.78 is 16.1. The van der Waals surface area contributed by atoms with E-state index in [0.717, 1.165) is 44.4 Å². The molecule has 0 spiro atoms. The third-order valence-corrected chi connectivity index (χ3v) is 7.85. The molecule has 2 aromatic heterocycles. The van der Waals surface area contributed by atoms with Gasteiger partial charge in [-0.1, -0.05) is 31.1 Å². The van der Waals surface area contributed by atoms with E-state index in [4.69, 9.17) is 19.0 Å². The summed E-state index contributed by atoms with van der Waals surface area (Å²) in [5.74, 6) is 2.09. The number of ether oxygens (including phenoxy) is 2. The van der Waals surface area contributed by atoms with Gasteiger partial charge in [0.05, 0.1) is 18.3 Å². The third-order valence-electron chi connectivity index (χ3n) is 6.87.